The lowest BCUT2D eigenvalue weighted by Gasteiger charge is -2.11. The van der Waals surface area contributed by atoms with E-state index >= 15 is 0 Å². The third-order valence-corrected chi connectivity index (χ3v) is 2.00. The highest BCUT2D eigenvalue weighted by Gasteiger charge is 2.18. The number of rotatable bonds is 5. The normalized spacial score (nSPS) is 13.1. The molecule has 0 saturated carbocycles. The molecule has 90 valence electrons. The molecule has 0 aliphatic rings. The molecule has 16 heavy (non-hydrogen) atoms. The van der Waals surface area contributed by atoms with Gasteiger partial charge < -0.3 is 4.74 Å². The van der Waals surface area contributed by atoms with Crippen molar-refractivity contribution in [1.82, 2.24) is 9.78 Å². The zero-order valence-corrected chi connectivity index (χ0v) is 8.76. The van der Waals surface area contributed by atoms with E-state index in [0.29, 0.717) is 0 Å². The molecule has 8 heteroatoms. The van der Waals surface area contributed by atoms with Crippen LogP contribution in [-0.2, 0) is 4.74 Å². The van der Waals surface area contributed by atoms with Crippen LogP contribution in [0.1, 0.15) is 18.7 Å². The van der Waals surface area contributed by atoms with Gasteiger partial charge in [0.25, 0.3) is 0 Å². The first-order chi connectivity index (χ1) is 7.41. The van der Waals surface area contributed by atoms with Crippen LogP contribution in [0.15, 0.2) is 6.20 Å². The van der Waals surface area contributed by atoms with Crippen molar-refractivity contribution in [1.29, 1.82) is 0 Å². The lowest BCUT2D eigenvalue weighted by Crippen LogP contribution is -2.14. The summed E-state index contributed by atoms with van der Waals surface area (Å²) in [6.07, 6.45) is 1.20. The molecule has 0 fully saturated rings. The summed E-state index contributed by atoms with van der Waals surface area (Å²) in [5.74, 6) is 0. The summed E-state index contributed by atoms with van der Waals surface area (Å²) in [7, 11) is 0. The number of nitrogens with zero attached hydrogens (tertiary/aromatic N) is 3. The summed E-state index contributed by atoms with van der Waals surface area (Å²) < 4.78 is 28.9. The van der Waals surface area contributed by atoms with Crippen molar-refractivity contribution < 1.29 is 18.4 Å². The first kappa shape index (κ1) is 12.5. The van der Waals surface area contributed by atoms with Crippen LogP contribution in [0.25, 0.3) is 0 Å². The fourth-order valence-electron chi connectivity index (χ4n) is 1.17. The summed E-state index contributed by atoms with van der Waals surface area (Å²) in [5, 5.41) is 14.4. The molecular formula is C8H11F2N3O3. The lowest BCUT2D eigenvalue weighted by atomic mass is 10.4. The van der Waals surface area contributed by atoms with Gasteiger partial charge in [-0.3, -0.25) is 14.8 Å². The van der Waals surface area contributed by atoms with Crippen LogP contribution in [0, 0.1) is 17.0 Å². The maximum absolute atomic E-state index is 11.8. The van der Waals surface area contributed by atoms with Crippen molar-refractivity contribution in [2.24, 2.45) is 0 Å². The number of hydrogen-bond donors (Lipinski definition) is 0. The van der Waals surface area contributed by atoms with Crippen LogP contribution in [-0.4, -0.2) is 27.9 Å². The SMILES string of the molecule is Cc1nn(C(C)COC(F)F)cc1[N+](=O)[O-]. The van der Waals surface area contributed by atoms with Crippen molar-refractivity contribution in [3.05, 3.63) is 22.0 Å². The van der Waals surface area contributed by atoms with E-state index in [1.54, 1.807) is 6.92 Å². The average molecular weight is 235 g/mol. The Balaban J connectivity index is 2.73. The minimum absolute atomic E-state index is 0.135. The molecule has 1 rings (SSSR count). The molecule has 0 amide bonds. The van der Waals surface area contributed by atoms with Crippen molar-refractivity contribution >= 4 is 5.69 Å². The van der Waals surface area contributed by atoms with E-state index in [-0.39, 0.29) is 18.0 Å². The molecule has 0 saturated heterocycles. The maximum atomic E-state index is 11.8. The summed E-state index contributed by atoms with van der Waals surface area (Å²) in [4.78, 5) is 9.95. The van der Waals surface area contributed by atoms with Gasteiger partial charge in [0.2, 0.25) is 0 Å². The average Bonchev–Trinajstić information content (AvgIpc) is 2.56. The molecule has 0 aliphatic heterocycles. The van der Waals surface area contributed by atoms with Crippen LogP contribution in [0.3, 0.4) is 0 Å². The topological polar surface area (TPSA) is 70.2 Å². The number of alkyl halides is 2. The molecule has 0 aliphatic carbocycles. The molecule has 1 aromatic heterocycles. The Morgan fingerprint density at radius 1 is 1.69 bits per heavy atom. The van der Waals surface area contributed by atoms with Gasteiger partial charge in [0.15, 0.2) is 0 Å². The van der Waals surface area contributed by atoms with E-state index in [0.717, 1.165) is 0 Å². The summed E-state index contributed by atoms with van der Waals surface area (Å²) in [6.45, 7) is -0.0434. The Bertz CT molecular complexity index is 381. The predicted molar refractivity (Wildman–Crippen MR) is 50.3 cm³/mol. The van der Waals surface area contributed by atoms with Crippen LogP contribution in [0.2, 0.25) is 0 Å². The van der Waals surface area contributed by atoms with Gasteiger partial charge in [-0.15, -0.1) is 0 Å². The maximum Gasteiger partial charge on any atom is 0.345 e. The molecule has 0 aromatic carbocycles. The quantitative estimate of drug-likeness (QED) is 0.577. The molecule has 1 unspecified atom stereocenters. The van der Waals surface area contributed by atoms with E-state index in [9.17, 15) is 18.9 Å². The van der Waals surface area contributed by atoms with Crippen LogP contribution in [0.4, 0.5) is 14.5 Å². The van der Waals surface area contributed by atoms with Crippen LogP contribution < -0.4 is 0 Å². The summed E-state index contributed by atoms with van der Waals surface area (Å²) in [6, 6.07) is -0.485. The molecule has 6 nitrogen and oxygen atoms in total. The van der Waals surface area contributed by atoms with E-state index in [4.69, 9.17) is 0 Å². The van der Waals surface area contributed by atoms with E-state index in [2.05, 4.69) is 9.84 Å². The van der Waals surface area contributed by atoms with E-state index < -0.39 is 17.6 Å². The molecule has 0 spiro atoms. The van der Waals surface area contributed by atoms with Gasteiger partial charge in [-0.2, -0.15) is 13.9 Å². The Kier molecular flexibility index (Phi) is 3.88. The molecule has 0 bridgehead atoms. The van der Waals surface area contributed by atoms with Gasteiger partial charge in [0.1, 0.15) is 11.9 Å². The zero-order chi connectivity index (χ0) is 12.3. The second-order valence-corrected chi connectivity index (χ2v) is 3.28. The second-order valence-electron chi connectivity index (χ2n) is 3.28. The van der Waals surface area contributed by atoms with Gasteiger partial charge >= 0.3 is 12.3 Å². The van der Waals surface area contributed by atoms with Crippen molar-refractivity contribution in [2.45, 2.75) is 26.5 Å². The van der Waals surface area contributed by atoms with Crippen molar-refractivity contribution in [3.8, 4) is 0 Å². The predicted octanol–water partition coefficient (Wildman–Crippen LogP) is 1.90. The van der Waals surface area contributed by atoms with Gasteiger partial charge in [-0.25, -0.2) is 0 Å². The highest BCUT2D eigenvalue weighted by atomic mass is 19.3. The lowest BCUT2D eigenvalue weighted by molar-refractivity contribution is -0.385. The van der Waals surface area contributed by atoms with Crippen LogP contribution in [0.5, 0.6) is 0 Å². The summed E-state index contributed by atoms with van der Waals surface area (Å²) in [5.41, 5.74) is 0.109. The zero-order valence-electron chi connectivity index (χ0n) is 8.76. The molecular weight excluding hydrogens is 224 g/mol. The standard InChI is InChI=1S/C8H11F2N3O3/c1-5(4-16-8(9)10)12-3-7(13(14)15)6(2)11-12/h3,5,8H,4H2,1-2H3. The first-order valence-corrected chi connectivity index (χ1v) is 4.51. The van der Waals surface area contributed by atoms with Gasteiger partial charge in [0.05, 0.1) is 17.6 Å². The monoisotopic (exact) mass is 235 g/mol. The Labute approximate surface area is 90.0 Å². The molecule has 0 N–H and O–H groups in total. The molecule has 1 heterocycles. The highest BCUT2D eigenvalue weighted by Crippen LogP contribution is 2.18. The van der Waals surface area contributed by atoms with Gasteiger partial charge in [-0.1, -0.05) is 0 Å². The Hall–Kier alpha value is -1.57. The first-order valence-electron chi connectivity index (χ1n) is 4.51. The number of halogens is 2. The molecule has 1 aromatic rings. The Morgan fingerprint density at radius 3 is 2.75 bits per heavy atom. The number of hydrogen-bond acceptors (Lipinski definition) is 4. The molecule has 0 radical (unpaired) electrons. The van der Waals surface area contributed by atoms with Crippen LogP contribution >= 0.6 is 0 Å². The fraction of sp³-hybridized carbons (Fsp3) is 0.625. The third-order valence-electron chi connectivity index (χ3n) is 2.00. The van der Waals surface area contributed by atoms with Gasteiger partial charge in [-0.05, 0) is 13.8 Å². The molecule has 1 atom stereocenters. The van der Waals surface area contributed by atoms with E-state index in [1.807, 2.05) is 0 Å². The van der Waals surface area contributed by atoms with Crippen molar-refractivity contribution in [2.75, 3.05) is 6.61 Å². The van der Waals surface area contributed by atoms with Crippen molar-refractivity contribution in [3.63, 3.8) is 0 Å². The Morgan fingerprint density at radius 2 is 2.31 bits per heavy atom. The number of ether oxygens (including phenoxy) is 1. The largest absolute Gasteiger partial charge is 0.345 e. The number of aromatic nitrogens is 2. The fourth-order valence-corrected chi connectivity index (χ4v) is 1.17. The minimum Gasteiger partial charge on any atom is -0.321 e. The van der Waals surface area contributed by atoms with E-state index in [1.165, 1.54) is 17.8 Å². The number of aryl methyl sites for hydroxylation is 1. The third kappa shape index (κ3) is 2.96. The number of nitro groups is 1. The minimum atomic E-state index is -2.85. The van der Waals surface area contributed by atoms with Gasteiger partial charge in [0, 0.05) is 0 Å². The smallest absolute Gasteiger partial charge is 0.321 e. The second kappa shape index (κ2) is 4.97. The highest BCUT2D eigenvalue weighted by molar-refractivity contribution is 5.31. The summed E-state index contributed by atoms with van der Waals surface area (Å²) >= 11 is 0.